The fourth-order valence-electron chi connectivity index (χ4n) is 1.07. The van der Waals surface area contributed by atoms with E-state index in [-0.39, 0.29) is 17.8 Å². The third-order valence-electron chi connectivity index (χ3n) is 1.74. The van der Waals surface area contributed by atoms with Crippen LogP contribution < -0.4 is 21.6 Å². The van der Waals surface area contributed by atoms with Crippen molar-refractivity contribution in [2.24, 2.45) is 0 Å². The summed E-state index contributed by atoms with van der Waals surface area (Å²) in [7, 11) is 0. The first kappa shape index (κ1) is 10.9. The summed E-state index contributed by atoms with van der Waals surface area (Å²) in [5, 5.41) is 0. The summed E-state index contributed by atoms with van der Waals surface area (Å²) in [6.07, 6.45) is 0. The number of nitrogens with zero attached hydrogens (tertiary/aromatic N) is 3. The highest BCUT2D eigenvalue weighted by Crippen LogP contribution is 2.11. The monoisotopic (exact) mass is 236 g/mol. The number of para-hydroxylation sites is 1. The Morgan fingerprint density at radius 1 is 1.06 bits per heavy atom. The molecule has 1 aromatic heterocycles. The van der Waals surface area contributed by atoms with E-state index in [0.717, 1.165) is 0 Å². The zero-order valence-electron chi connectivity index (χ0n) is 8.59. The maximum absolute atomic E-state index is 12.1. The van der Waals surface area contributed by atoms with E-state index in [1.165, 1.54) is 5.54 Å². The van der Waals surface area contributed by atoms with Crippen molar-refractivity contribution in [1.29, 1.82) is 0 Å². The van der Waals surface area contributed by atoms with Crippen molar-refractivity contribution in [2.75, 3.05) is 16.8 Å². The van der Waals surface area contributed by atoms with Gasteiger partial charge in [-0.3, -0.25) is 0 Å². The molecule has 0 aliphatic rings. The smallest absolute Gasteiger partial charge is 0.263 e. The molecule has 7 nitrogen and oxygen atoms in total. The lowest BCUT2D eigenvalue weighted by molar-refractivity contribution is 0.399. The number of hydrogen-bond acceptors (Lipinski definition) is 7. The second kappa shape index (κ2) is 4.92. The first-order valence-corrected chi connectivity index (χ1v) is 4.64. The Balaban J connectivity index is 2.06. The van der Waals surface area contributed by atoms with E-state index in [1.54, 1.807) is 24.3 Å². The zero-order chi connectivity index (χ0) is 12.1. The van der Waals surface area contributed by atoms with Crippen LogP contribution in [0.2, 0.25) is 0 Å². The molecule has 1 aromatic carbocycles. The van der Waals surface area contributed by atoms with Gasteiger partial charge in [0.2, 0.25) is 5.95 Å². The number of benzene rings is 1. The van der Waals surface area contributed by atoms with Gasteiger partial charge in [-0.05, 0) is 12.1 Å². The summed E-state index contributed by atoms with van der Waals surface area (Å²) in [6, 6.07) is 8.90. The maximum Gasteiger partial charge on any atom is 0.263 e. The Labute approximate surface area is 95.8 Å². The van der Waals surface area contributed by atoms with Crippen LogP contribution >= 0.6 is 0 Å². The van der Waals surface area contributed by atoms with Gasteiger partial charge in [0.15, 0.2) is 5.75 Å². The summed E-state index contributed by atoms with van der Waals surface area (Å²) in [5.74, 6) is 0.138. The molecule has 0 aliphatic heterocycles. The van der Waals surface area contributed by atoms with Crippen molar-refractivity contribution >= 4 is 17.8 Å². The molecule has 0 atom stereocenters. The van der Waals surface area contributed by atoms with Crippen LogP contribution in [0.3, 0.4) is 0 Å². The van der Waals surface area contributed by atoms with Gasteiger partial charge in [-0.2, -0.15) is 26.0 Å². The number of aromatic nitrogens is 3. The SMILES string of the molecule is Nc1nc(NF)nc(NOc2ccccc2)n1. The Bertz CT molecular complexity index is 494. The van der Waals surface area contributed by atoms with Gasteiger partial charge in [-0.15, -0.1) is 4.48 Å². The Hall–Kier alpha value is -2.64. The van der Waals surface area contributed by atoms with Gasteiger partial charge in [-0.1, -0.05) is 18.2 Å². The van der Waals surface area contributed by atoms with Crippen LogP contribution in [0.15, 0.2) is 30.3 Å². The predicted molar refractivity (Wildman–Crippen MR) is 59.7 cm³/mol. The lowest BCUT2D eigenvalue weighted by Crippen LogP contribution is -2.11. The number of halogens is 1. The molecule has 1 heterocycles. The van der Waals surface area contributed by atoms with Crippen molar-refractivity contribution in [2.45, 2.75) is 0 Å². The second-order valence-electron chi connectivity index (χ2n) is 2.95. The molecule has 0 unspecified atom stereocenters. The van der Waals surface area contributed by atoms with Crippen LogP contribution in [0, 0.1) is 0 Å². The van der Waals surface area contributed by atoms with Gasteiger partial charge in [0, 0.05) is 0 Å². The average Bonchev–Trinajstić information content (AvgIpc) is 2.37. The molecule has 0 fully saturated rings. The quantitative estimate of drug-likeness (QED) is 0.541. The number of nitrogen functional groups attached to an aromatic ring is 1. The summed E-state index contributed by atoms with van der Waals surface area (Å²) >= 11 is 0. The van der Waals surface area contributed by atoms with Gasteiger partial charge >= 0.3 is 0 Å². The molecule has 0 bridgehead atoms. The van der Waals surface area contributed by atoms with Crippen LogP contribution in [0.4, 0.5) is 22.3 Å². The summed E-state index contributed by atoms with van der Waals surface area (Å²) in [6.45, 7) is 0. The first-order chi connectivity index (χ1) is 8.28. The number of rotatable bonds is 4. The minimum Gasteiger partial charge on any atom is -0.379 e. The molecule has 8 heteroatoms. The number of anilines is 3. The van der Waals surface area contributed by atoms with E-state index < -0.39 is 0 Å². The number of hydrogen-bond donors (Lipinski definition) is 3. The van der Waals surface area contributed by atoms with E-state index in [0.29, 0.717) is 5.75 Å². The average molecular weight is 236 g/mol. The topological polar surface area (TPSA) is 98.0 Å². The predicted octanol–water partition coefficient (Wildman–Crippen LogP) is 1.16. The van der Waals surface area contributed by atoms with Gasteiger partial charge in [0.1, 0.15) is 0 Å². The molecule has 0 spiro atoms. The van der Waals surface area contributed by atoms with Crippen LogP contribution in [-0.4, -0.2) is 15.0 Å². The van der Waals surface area contributed by atoms with Crippen molar-refractivity contribution < 1.29 is 9.32 Å². The van der Waals surface area contributed by atoms with E-state index >= 15 is 0 Å². The van der Waals surface area contributed by atoms with E-state index in [4.69, 9.17) is 10.6 Å². The molecule has 2 rings (SSSR count). The molecule has 0 saturated heterocycles. The highest BCUT2D eigenvalue weighted by molar-refractivity contribution is 5.38. The normalized spacial score (nSPS) is 9.71. The highest BCUT2D eigenvalue weighted by Gasteiger charge is 2.04. The van der Waals surface area contributed by atoms with Crippen molar-refractivity contribution in [3.8, 4) is 5.75 Å². The molecule has 0 radical (unpaired) electrons. The fourth-order valence-corrected chi connectivity index (χ4v) is 1.07. The summed E-state index contributed by atoms with van der Waals surface area (Å²) in [5.41, 5.74) is 9.04. The molecule has 0 amide bonds. The molecular weight excluding hydrogens is 227 g/mol. The molecule has 88 valence electrons. The Morgan fingerprint density at radius 2 is 1.76 bits per heavy atom. The second-order valence-corrected chi connectivity index (χ2v) is 2.95. The van der Waals surface area contributed by atoms with Crippen molar-refractivity contribution in [3.63, 3.8) is 0 Å². The zero-order valence-corrected chi connectivity index (χ0v) is 8.59. The van der Waals surface area contributed by atoms with Crippen LogP contribution in [0.1, 0.15) is 0 Å². The van der Waals surface area contributed by atoms with E-state index in [9.17, 15) is 4.48 Å². The van der Waals surface area contributed by atoms with Crippen LogP contribution in [0.5, 0.6) is 5.75 Å². The minimum absolute atomic E-state index is 0.00139. The maximum atomic E-state index is 12.1. The molecule has 4 N–H and O–H groups in total. The first-order valence-electron chi connectivity index (χ1n) is 4.64. The molecule has 0 aliphatic carbocycles. The van der Waals surface area contributed by atoms with E-state index in [1.807, 2.05) is 6.07 Å². The van der Waals surface area contributed by atoms with Crippen molar-refractivity contribution in [1.82, 2.24) is 15.0 Å². The van der Waals surface area contributed by atoms with Crippen LogP contribution in [0.25, 0.3) is 0 Å². The largest absolute Gasteiger partial charge is 0.379 e. The third-order valence-corrected chi connectivity index (χ3v) is 1.74. The molecule has 2 aromatic rings. The summed E-state index contributed by atoms with van der Waals surface area (Å²) < 4.78 is 12.1. The van der Waals surface area contributed by atoms with E-state index in [2.05, 4.69) is 20.4 Å². The van der Waals surface area contributed by atoms with Crippen LogP contribution in [-0.2, 0) is 0 Å². The molecule has 0 saturated carbocycles. The molecule has 17 heavy (non-hydrogen) atoms. The Morgan fingerprint density at radius 3 is 2.47 bits per heavy atom. The fraction of sp³-hybridized carbons (Fsp3) is 0. The number of nitrogens with two attached hydrogens (primary N) is 1. The standard InChI is InChI=1S/C9H9FN6O/c10-15-8-12-7(11)13-9(14-8)16-17-6-4-2-1-3-5-6/h1-5H,(H4,11,12,13,14,15,16). The lowest BCUT2D eigenvalue weighted by atomic mass is 10.3. The molecular formula is C9H9FN6O. The minimum atomic E-state index is -0.295. The lowest BCUT2D eigenvalue weighted by Gasteiger charge is -2.07. The van der Waals surface area contributed by atoms with Crippen molar-refractivity contribution in [3.05, 3.63) is 30.3 Å². The van der Waals surface area contributed by atoms with Gasteiger partial charge < -0.3 is 10.6 Å². The number of nitrogens with one attached hydrogen (secondary N) is 2. The van der Waals surface area contributed by atoms with Gasteiger partial charge in [-0.25, -0.2) is 0 Å². The van der Waals surface area contributed by atoms with Gasteiger partial charge in [0.25, 0.3) is 11.9 Å². The highest BCUT2D eigenvalue weighted by atomic mass is 19.2. The van der Waals surface area contributed by atoms with Gasteiger partial charge in [0.05, 0.1) is 0 Å². The Kier molecular flexibility index (Phi) is 3.15. The summed E-state index contributed by atoms with van der Waals surface area (Å²) in [4.78, 5) is 16.0. The third kappa shape index (κ3) is 2.91.